The number of halogens is 3. The van der Waals surface area contributed by atoms with Crippen molar-refractivity contribution in [1.29, 1.82) is 0 Å². The quantitative estimate of drug-likeness (QED) is 0.527. The number of nitrogens with one attached hydrogen (secondary N) is 1. The lowest BCUT2D eigenvalue weighted by Crippen LogP contribution is -2.54. The number of guanidine groups is 1. The Balaban J connectivity index is 1.47. The monoisotopic (exact) mass is 544 g/mol. The molecule has 2 heterocycles. The number of carbonyl (C=O) groups excluding carboxylic acids is 2. The van der Waals surface area contributed by atoms with Crippen LogP contribution in [-0.4, -0.2) is 51.7 Å². The van der Waals surface area contributed by atoms with E-state index < -0.39 is 41.7 Å². The Morgan fingerprint density at radius 3 is 2.56 bits per heavy atom. The van der Waals surface area contributed by atoms with Crippen LogP contribution in [0, 0.1) is 0 Å². The number of nitrogens with zero attached hydrogens (tertiary/aromatic N) is 2. The highest BCUT2D eigenvalue weighted by Gasteiger charge is 2.62. The molecule has 0 radical (unpaired) electrons. The zero-order valence-electron chi connectivity index (χ0n) is 21.7. The van der Waals surface area contributed by atoms with Gasteiger partial charge in [-0.15, -0.1) is 0 Å². The molecule has 2 aromatic rings. The molecule has 0 saturated carbocycles. The SMILES string of the molecule is CCC1(CC)CC(=O)N([C@@H]2CCOc3ccc(C(=O)NC4c5ccccc5CC4(O)C(F)(F)F)cc32)C(N)=N1. The fourth-order valence-corrected chi connectivity index (χ4v) is 5.91. The van der Waals surface area contributed by atoms with Crippen LogP contribution >= 0.6 is 0 Å². The Hall–Kier alpha value is -3.60. The molecule has 0 fully saturated rings. The van der Waals surface area contributed by atoms with Crippen molar-refractivity contribution in [1.82, 2.24) is 10.2 Å². The van der Waals surface area contributed by atoms with E-state index >= 15 is 0 Å². The largest absolute Gasteiger partial charge is 0.493 e. The lowest BCUT2D eigenvalue weighted by Gasteiger charge is -2.41. The first-order valence-electron chi connectivity index (χ1n) is 13.0. The molecule has 5 rings (SSSR count). The molecule has 2 aromatic carbocycles. The van der Waals surface area contributed by atoms with Crippen LogP contribution < -0.4 is 15.8 Å². The third-order valence-electron chi connectivity index (χ3n) is 8.33. The van der Waals surface area contributed by atoms with Crippen molar-refractivity contribution >= 4 is 17.8 Å². The number of carbonyl (C=O) groups is 2. The molecule has 0 saturated heterocycles. The molecule has 2 amide bonds. The van der Waals surface area contributed by atoms with Crippen molar-refractivity contribution in [2.45, 2.75) is 75.4 Å². The first kappa shape index (κ1) is 27.0. The summed E-state index contributed by atoms with van der Waals surface area (Å²) in [6, 6.07) is 8.39. The third-order valence-corrected chi connectivity index (χ3v) is 8.33. The number of rotatable bonds is 5. The summed E-state index contributed by atoms with van der Waals surface area (Å²) in [5.41, 5.74) is 3.70. The maximum absolute atomic E-state index is 14.0. The van der Waals surface area contributed by atoms with Crippen molar-refractivity contribution in [2.75, 3.05) is 6.61 Å². The number of benzene rings is 2. The smallest absolute Gasteiger partial charge is 0.419 e. The summed E-state index contributed by atoms with van der Waals surface area (Å²) in [7, 11) is 0. The topological polar surface area (TPSA) is 117 Å². The highest BCUT2D eigenvalue weighted by atomic mass is 19.4. The number of fused-ring (bicyclic) bond motifs is 2. The van der Waals surface area contributed by atoms with Crippen LogP contribution in [0.3, 0.4) is 0 Å². The van der Waals surface area contributed by atoms with Crippen LogP contribution in [0.5, 0.6) is 5.75 Å². The fraction of sp³-hybridized carbons (Fsp3) is 0.464. The number of aliphatic imine (C=N–C) groups is 1. The lowest BCUT2D eigenvalue weighted by molar-refractivity contribution is -0.266. The molecule has 3 atom stereocenters. The van der Waals surface area contributed by atoms with E-state index in [9.17, 15) is 27.9 Å². The fourth-order valence-electron chi connectivity index (χ4n) is 5.91. The van der Waals surface area contributed by atoms with Gasteiger partial charge in [-0.05, 0) is 42.2 Å². The van der Waals surface area contributed by atoms with E-state index in [4.69, 9.17) is 10.5 Å². The molecule has 11 heteroatoms. The van der Waals surface area contributed by atoms with Gasteiger partial charge >= 0.3 is 6.18 Å². The number of hydrogen-bond acceptors (Lipinski definition) is 6. The summed E-state index contributed by atoms with van der Waals surface area (Å²) < 4.78 is 47.7. The maximum atomic E-state index is 14.0. The van der Waals surface area contributed by atoms with Crippen molar-refractivity contribution in [3.05, 3.63) is 64.7 Å². The average molecular weight is 545 g/mol. The highest BCUT2D eigenvalue weighted by molar-refractivity contribution is 6.00. The van der Waals surface area contributed by atoms with E-state index in [-0.39, 0.29) is 29.4 Å². The number of ether oxygens (including phenoxy) is 1. The predicted molar refractivity (Wildman–Crippen MR) is 137 cm³/mol. The molecule has 4 N–H and O–H groups in total. The van der Waals surface area contributed by atoms with Crippen LogP contribution in [-0.2, 0) is 11.2 Å². The van der Waals surface area contributed by atoms with E-state index in [1.807, 2.05) is 13.8 Å². The molecule has 3 aliphatic rings. The minimum atomic E-state index is -4.98. The van der Waals surface area contributed by atoms with E-state index in [1.165, 1.54) is 29.2 Å². The van der Waals surface area contributed by atoms with Gasteiger partial charge in [0.2, 0.25) is 5.91 Å². The highest BCUT2D eigenvalue weighted by Crippen LogP contribution is 2.48. The zero-order valence-corrected chi connectivity index (χ0v) is 21.7. The van der Waals surface area contributed by atoms with Gasteiger partial charge in [-0.3, -0.25) is 14.5 Å². The van der Waals surface area contributed by atoms with Gasteiger partial charge < -0.3 is 20.9 Å². The van der Waals surface area contributed by atoms with Crippen molar-refractivity contribution in [3.8, 4) is 5.75 Å². The second kappa shape index (κ2) is 9.55. The molecular weight excluding hydrogens is 513 g/mol. The lowest BCUT2D eigenvalue weighted by atomic mass is 9.87. The Kier molecular flexibility index (Phi) is 6.61. The molecule has 8 nitrogen and oxygen atoms in total. The van der Waals surface area contributed by atoms with E-state index in [1.54, 1.807) is 18.2 Å². The summed E-state index contributed by atoms with van der Waals surface area (Å²) in [6.45, 7) is 4.23. The number of nitrogens with two attached hydrogens (primary N) is 1. The van der Waals surface area contributed by atoms with Gasteiger partial charge in [-0.25, -0.2) is 4.99 Å². The zero-order chi connectivity index (χ0) is 28.2. The molecule has 0 bridgehead atoms. The van der Waals surface area contributed by atoms with Gasteiger partial charge in [0.1, 0.15) is 5.75 Å². The van der Waals surface area contributed by atoms with Gasteiger partial charge in [0, 0.05) is 24.0 Å². The first-order valence-corrected chi connectivity index (χ1v) is 13.0. The van der Waals surface area contributed by atoms with Crippen LogP contribution in [0.25, 0.3) is 0 Å². The second-order valence-corrected chi connectivity index (χ2v) is 10.5. The van der Waals surface area contributed by atoms with Crippen molar-refractivity contribution in [3.63, 3.8) is 0 Å². The molecular formula is C28H31F3N4O4. The maximum Gasteiger partial charge on any atom is 0.419 e. The summed E-state index contributed by atoms with van der Waals surface area (Å²) in [5, 5.41) is 13.1. The van der Waals surface area contributed by atoms with Gasteiger partial charge in [0.15, 0.2) is 11.6 Å². The number of alkyl halides is 3. The number of amides is 2. The first-order chi connectivity index (χ1) is 18.4. The summed E-state index contributed by atoms with van der Waals surface area (Å²) >= 11 is 0. The minimum absolute atomic E-state index is 0.0644. The number of hydrogen-bond donors (Lipinski definition) is 3. The number of aliphatic hydroxyl groups is 1. The van der Waals surface area contributed by atoms with Crippen LogP contribution in [0.2, 0.25) is 0 Å². The standard InChI is InChI=1S/C28H31F3N4O4/c1-3-26(4-2)15-22(36)35(25(32)34-26)20-11-12-39-21-10-9-16(13-19(20)21)24(37)33-23-18-8-6-5-7-17(18)14-27(23,38)28(29,30)31/h5-10,13,20,23,38H,3-4,11-12,14-15H2,1-2H3,(H2,32,34)(H,33,37)/t20-,23?,27?/m1/s1. The van der Waals surface area contributed by atoms with Crippen molar-refractivity contribution < 1.29 is 32.6 Å². The van der Waals surface area contributed by atoms with Crippen molar-refractivity contribution in [2.24, 2.45) is 10.7 Å². The Morgan fingerprint density at radius 1 is 1.18 bits per heavy atom. The summed E-state index contributed by atoms with van der Waals surface area (Å²) in [6.07, 6.45) is -3.72. The van der Waals surface area contributed by atoms with E-state index in [0.29, 0.717) is 42.7 Å². The Bertz CT molecular complexity index is 1340. The Morgan fingerprint density at radius 2 is 1.90 bits per heavy atom. The summed E-state index contributed by atoms with van der Waals surface area (Å²) in [4.78, 5) is 32.7. The van der Waals surface area contributed by atoms with Gasteiger partial charge in [0.25, 0.3) is 5.91 Å². The third kappa shape index (κ3) is 4.42. The molecule has 0 aromatic heterocycles. The van der Waals surface area contributed by atoms with E-state index in [2.05, 4.69) is 10.3 Å². The molecule has 2 unspecified atom stereocenters. The normalized spacial score (nSPS) is 25.8. The molecule has 1 aliphatic carbocycles. The van der Waals surface area contributed by atoms with Gasteiger partial charge in [-0.1, -0.05) is 38.1 Å². The van der Waals surface area contributed by atoms with Gasteiger partial charge in [-0.2, -0.15) is 13.2 Å². The predicted octanol–water partition coefficient (Wildman–Crippen LogP) is 3.94. The molecule has 39 heavy (non-hydrogen) atoms. The molecule has 2 aliphatic heterocycles. The molecule has 0 spiro atoms. The minimum Gasteiger partial charge on any atom is -0.493 e. The van der Waals surface area contributed by atoms with E-state index in [0.717, 1.165) is 0 Å². The van der Waals surface area contributed by atoms with Crippen LogP contribution in [0.1, 0.15) is 78.7 Å². The van der Waals surface area contributed by atoms with Crippen LogP contribution in [0.4, 0.5) is 13.2 Å². The second-order valence-electron chi connectivity index (χ2n) is 10.5. The summed E-state index contributed by atoms with van der Waals surface area (Å²) in [5.74, 6) is -0.435. The Labute approximate surface area is 224 Å². The van der Waals surface area contributed by atoms with Gasteiger partial charge in [0.05, 0.1) is 30.7 Å². The molecule has 208 valence electrons. The average Bonchev–Trinajstić information content (AvgIpc) is 3.20. The van der Waals surface area contributed by atoms with Crippen LogP contribution in [0.15, 0.2) is 47.5 Å².